The summed E-state index contributed by atoms with van der Waals surface area (Å²) in [5.74, 6) is 0. The Balaban J connectivity index is 2.22. The van der Waals surface area contributed by atoms with Crippen molar-refractivity contribution in [2.45, 2.75) is 38.0 Å². The van der Waals surface area contributed by atoms with Crippen molar-refractivity contribution in [1.29, 1.82) is 0 Å². The van der Waals surface area contributed by atoms with Crippen LogP contribution in [0.3, 0.4) is 0 Å². The first-order valence-corrected chi connectivity index (χ1v) is 7.93. The Morgan fingerprint density at radius 2 is 2.00 bits per heavy atom. The van der Waals surface area contributed by atoms with Gasteiger partial charge in [0.2, 0.25) is 10.0 Å². The molecular formula is C13H20N2O2S. The lowest BCUT2D eigenvalue weighted by Gasteiger charge is -2.18. The number of hydrogen-bond acceptors (Lipinski definition) is 3. The zero-order valence-electron chi connectivity index (χ0n) is 10.8. The molecular weight excluding hydrogens is 248 g/mol. The van der Waals surface area contributed by atoms with Crippen LogP contribution in [-0.4, -0.2) is 20.2 Å². The number of rotatable bonds is 6. The molecule has 1 unspecified atom stereocenters. The second kappa shape index (κ2) is 5.28. The van der Waals surface area contributed by atoms with Crippen LogP contribution in [0.4, 0.5) is 5.69 Å². The van der Waals surface area contributed by atoms with Gasteiger partial charge < -0.3 is 5.32 Å². The first kappa shape index (κ1) is 13.4. The van der Waals surface area contributed by atoms with E-state index in [-0.39, 0.29) is 11.3 Å². The van der Waals surface area contributed by atoms with Gasteiger partial charge in [0, 0.05) is 6.04 Å². The molecule has 100 valence electrons. The molecule has 0 aliphatic heterocycles. The molecule has 1 aromatic carbocycles. The third-order valence-corrected chi connectivity index (χ3v) is 5.01. The molecule has 1 atom stereocenters. The molecule has 1 aliphatic rings. The average molecular weight is 268 g/mol. The minimum Gasteiger partial charge on any atom is -0.310 e. The quantitative estimate of drug-likeness (QED) is 0.832. The first-order valence-electron chi connectivity index (χ1n) is 6.38. The molecule has 1 aromatic rings. The van der Waals surface area contributed by atoms with E-state index in [1.807, 2.05) is 38.1 Å². The second-order valence-corrected chi connectivity index (χ2v) is 6.67. The van der Waals surface area contributed by atoms with Crippen molar-refractivity contribution < 1.29 is 8.42 Å². The van der Waals surface area contributed by atoms with Crippen molar-refractivity contribution in [2.75, 3.05) is 11.3 Å². The molecule has 2 rings (SSSR count). The van der Waals surface area contributed by atoms with Crippen molar-refractivity contribution in [3.8, 4) is 0 Å². The Labute approximate surface area is 109 Å². The highest BCUT2D eigenvalue weighted by Crippen LogP contribution is 2.31. The second-order valence-electron chi connectivity index (χ2n) is 4.71. The molecule has 1 aliphatic carbocycles. The Hall–Kier alpha value is -1.07. The van der Waals surface area contributed by atoms with Gasteiger partial charge in [-0.05, 0) is 37.9 Å². The van der Waals surface area contributed by atoms with E-state index in [2.05, 4.69) is 10.0 Å². The molecule has 5 heteroatoms. The number of para-hydroxylation sites is 1. The van der Waals surface area contributed by atoms with Crippen LogP contribution in [-0.2, 0) is 10.0 Å². The Morgan fingerprint density at radius 1 is 1.33 bits per heavy atom. The van der Waals surface area contributed by atoms with Gasteiger partial charge in [-0.25, -0.2) is 8.42 Å². The largest absolute Gasteiger partial charge is 0.310 e. The highest BCUT2D eigenvalue weighted by molar-refractivity contribution is 7.93. The SMILES string of the molecule is CCNC(C)c1ccccc1NS(=O)(=O)C1CC1. The van der Waals surface area contributed by atoms with Crippen LogP contribution in [0.2, 0.25) is 0 Å². The molecule has 18 heavy (non-hydrogen) atoms. The maximum absolute atomic E-state index is 12.0. The van der Waals surface area contributed by atoms with Crippen LogP contribution in [0.1, 0.15) is 38.3 Å². The summed E-state index contributed by atoms with van der Waals surface area (Å²) in [7, 11) is -3.19. The van der Waals surface area contributed by atoms with Crippen LogP contribution in [0, 0.1) is 0 Å². The number of sulfonamides is 1. The van der Waals surface area contributed by atoms with Crippen LogP contribution < -0.4 is 10.0 Å². The van der Waals surface area contributed by atoms with Crippen LogP contribution in [0.15, 0.2) is 24.3 Å². The summed E-state index contributed by atoms with van der Waals surface area (Å²) < 4.78 is 26.6. The van der Waals surface area contributed by atoms with E-state index in [9.17, 15) is 8.42 Å². The maximum atomic E-state index is 12.0. The fraction of sp³-hybridized carbons (Fsp3) is 0.538. The smallest absolute Gasteiger partial charge is 0.235 e. The third kappa shape index (κ3) is 3.03. The Kier molecular flexibility index (Phi) is 3.92. The van der Waals surface area contributed by atoms with Gasteiger partial charge in [-0.2, -0.15) is 0 Å². The van der Waals surface area contributed by atoms with Crippen molar-refractivity contribution in [3.63, 3.8) is 0 Å². The van der Waals surface area contributed by atoms with E-state index in [0.717, 1.165) is 24.9 Å². The lowest BCUT2D eigenvalue weighted by Crippen LogP contribution is -2.22. The predicted molar refractivity (Wildman–Crippen MR) is 74.1 cm³/mol. The standard InChI is InChI=1S/C13H20N2O2S/c1-3-14-10(2)12-6-4-5-7-13(12)15-18(16,17)11-8-9-11/h4-7,10-11,14-15H,3,8-9H2,1-2H3. The van der Waals surface area contributed by atoms with E-state index in [1.54, 1.807) is 0 Å². The normalized spacial score (nSPS) is 17.4. The van der Waals surface area contributed by atoms with E-state index in [4.69, 9.17) is 0 Å². The fourth-order valence-electron chi connectivity index (χ4n) is 2.00. The summed E-state index contributed by atoms with van der Waals surface area (Å²) in [5.41, 5.74) is 1.68. The van der Waals surface area contributed by atoms with Gasteiger partial charge in [0.1, 0.15) is 0 Å². The number of nitrogens with one attached hydrogen (secondary N) is 2. The summed E-state index contributed by atoms with van der Waals surface area (Å²) in [4.78, 5) is 0. The van der Waals surface area contributed by atoms with Gasteiger partial charge in [-0.15, -0.1) is 0 Å². The van der Waals surface area contributed by atoms with E-state index in [1.165, 1.54) is 0 Å². The number of anilines is 1. The van der Waals surface area contributed by atoms with E-state index in [0.29, 0.717) is 5.69 Å². The molecule has 1 saturated carbocycles. The first-order chi connectivity index (χ1) is 8.54. The average Bonchev–Trinajstić information content (AvgIpc) is 3.13. The number of hydrogen-bond donors (Lipinski definition) is 2. The molecule has 2 N–H and O–H groups in total. The predicted octanol–water partition coefficient (Wildman–Crippen LogP) is 2.26. The topological polar surface area (TPSA) is 58.2 Å². The summed E-state index contributed by atoms with van der Waals surface area (Å²) in [6.07, 6.45) is 1.56. The van der Waals surface area contributed by atoms with Gasteiger partial charge in [0.15, 0.2) is 0 Å². The highest BCUT2D eigenvalue weighted by Gasteiger charge is 2.36. The van der Waals surface area contributed by atoms with Crippen LogP contribution in [0.5, 0.6) is 0 Å². The molecule has 0 bridgehead atoms. The van der Waals surface area contributed by atoms with Crippen molar-refractivity contribution >= 4 is 15.7 Å². The summed E-state index contributed by atoms with van der Waals surface area (Å²) in [6, 6.07) is 7.69. The zero-order chi connectivity index (χ0) is 13.2. The lowest BCUT2D eigenvalue weighted by molar-refractivity contribution is 0.595. The van der Waals surface area contributed by atoms with Gasteiger partial charge in [0.25, 0.3) is 0 Å². The monoisotopic (exact) mass is 268 g/mol. The third-order valence-electron chi connectivity index (χ3n) is 3.15. The summed E-state index contributed by atoms with van der Waals surface area (Å²) in [6.45, 7) is 4.92. The number of benzene rings is 1. The van der Waals surface area contributed by atoms with Crippen molar-refractivity contribution in [1.82, 2.24) is 5.32 Å². The lowest BCUT2D eigenvalue weighted by atomic mass is 10.1. The Morgan fingerprint density at radius 3 is 2.61 bits per heavy atom. The molecule has 0 amide bonds. The van der Waals surface area contributed by atoms with E-state index >= 15 is 0 Å². The minimum absolute atomic E-state index is 0.133. The molecule has 0 saturated heterocycles. The van der Waals surface area contributed by atoms with Crippen molar-refractivity contribution in [2.24, 2.45) is 0 Å². The van der Waals surface area contributed by atoms with Gasteiger partial charge in [0.05, 0.1) is 10.9 Å². The summed E-state index contributed by atoms with van der Waals surface area (Å²) in [5, 5.41) is 3.10. The van der Waals surface area contributed by atoms with Crippen molar-refractivity contribution in [3.05, 3.63) is 29.8 Å². The maximum Gasteiger partial charge on any atom is 0.235 e. The molecule has 0 radical (unpaired) electrons. The van der Waals surface area contributed by atoms with Gasteiger partial charge in [-0.3, -0.25) is 4.72 Å². The summed E-state index contributed by atoms with van der Waals surface area (Å²) >= 11 is 0. The zero-order valence-corrected chi connectivity index (χ0v) is 11.6. The van der Waals surface area contributed by atoms with E-state index < -0.39 is 10.0 Å². The molecule has 1 fully saturated rings. The molecule has 4 nitrogen and oxygen atoms in total. The fourth-order valence-corrected chi connectivity index (χ4v) is 3.41. The van der Waals surface area contributed by atoms with Crippen LogP contribution in [0.25, 0.3) is 0 Å². The molecule has 0 spiro atoms. The minimum atomic E-state index is -3.19. The van der Waals surface area contributed by atoms with Gasteiger partial charge in [-0.1, -0.05) is 25.1 Å². The van der Waals surface area contributed by atoms with Crippen LogP contribution >= 0.6 is 0 Å². The Bertz CT molecular complexity index is 509. The molecule has 0 aromatic heterocycles. The van der Waals surface area contributed by atoms with Gasteiger partial charge >= 0.3 is 0 Å². The molecule has 0 heterocycles. The highest BCUT2D eigenvalue weighted by atomic mass is 32.2.